The Morgan fingerprint density at radius 2 is 2.44 bits per heavy atom. The van der Waals surface area contributed by atoms with Crippen LogP contribution in [0.15, 0.2) is 18.6 Å². The van der Waals surface area contributed by atoms with E-state index < -0.39 is 0 Å². The molecule has 0 fully saturated rings. The van der Waals surface area contributed by atoms with Crippen LogP contribution in [0.3, 0.4) is 0 Å². The first kappa shape index (κ1) is 5.88. The van der Waals surface area contributed by atoms with Gasteiger partial charge in [-0.15, -0.1) is 0 Å². The number of rotatable bonds is 1. The Morgan fingerprint density at radius 1 is 1.67 bits per heavy atom. The summed E-state index contributed by atoms with van der Waals surface area (Å²) in [6, 6.07) is 1.59. The van der Waals surface area contributed by atoms with Crippen LogP contribution in [0.1, 0.15) is 17.4 Å². The van der Waals surface area contributed by atoms with Gasteiger partial charge in [0.05, 0.1) is 0 Å². The fourth-order valence-corrected chi connectivity index (χ4v) is 0.499. The molecule has 0 saturated carbocycles. The minimum atomic E-state index is -0.0302. The van der Waals surface area contributed by atoms with Crippen molar-refractivity contribution in [1.82, 2.24) is 9.97 Å². The number of nitrogens with zero attached hydrogens (tertiary/aromatic N) is 2. The second-order valence-electron chi connectivity index (χ2n) is 1.65. The molecule has 0 spiro atoms. The predicted molar refractivity (Wildman–Crippen MR) is 32.0 cm³/mol. The molecule has 3 nitrogen and oxygen atoms in total. The SMILES string of the molecule is CC(=O)c1ccncn1. The van der Waals surface area contributed by atoms with Crippen molar-refractivity contribution in [3.63, 3.8) is 0 Å². The van der Waals surface area contributed by atoms with Gasteiger partial charge in [0.2, 0.25) is 0 Å². The molecule has 1 aromatic heterocycles. The van der Waals surface area contributed by atoms with Gasteiger partial charge in [0, 0.05) is 13.1 Å². The van der Waals surface area contributed by atoms with Gasteiger partial charge in [-0.05, 0) is 6.07 Å². The molecule has 46 valence electrons. The van der Waals surface area contributed by atoms with Crippen LogP contribution >= 0.6 is 0 Å². The summed E-state index contributed by atoms with van der Waals surface area (Å²) in [7, 11) is 0. The second kappa shape index (κ2) is 2.35. The van der Waals surface area contributed by atoms with Gasteiger partial charge in [0.25, 0.3) is 0 Å². The van der Waals surface area contributed by atoms with E-state index in [0.717, 1.165) is 0 Å². The van der Waals surface area contributed by atoms with Gasteiger partial charge in [-0.25, -0.2) is 9.97 Å². The molecule has 0 aromatic carbocycles. The minimum absolute atomic E-state index is 0.0302. The first-order chi connectivity index (χ1) is 4.30. The van der Waals surface area contributed by atoms with Gasteiger partial charge in [0.1, 0.15) is 12.0 Å². The lowest BCUT2D eigenvalue weighted by molar-refractivity contribution is 0.101. The van der Waals surface area contributed by atoms with Crippen LogP contribution in [0.25, 0.3) is 0 Å². The summed E-state index contributed by atoms with van der Waals surface area (Å²) in [5, 5.41) is 0. The average molecular weight is 122 g/mol. The Balaban J connectivity index is 2.98. The van der Waals surface area contributed by atoms with Gasteiger partial charge in [0.15, 0.2) is 5.78 Å². The molecular formula is C6H6N2O. The van der Waals surface area contributed by atoms with Crippen LogP contribution in [0, 0.1) is 0 Å². The largest absolute Gasteiger partial charge is 0.293 e. The number of Topliss-reactive ketones (excluding diaryl/α,β-unsaturated/α-hetero) is 1. The first-order valence-electron chi connectivity index (χ1n) is 2.57. The van der Waals surface area contributed by atoms with Crippen molar-refractivity contribution in [2.24, 2.45) is 0 Å². The molecule has 0 amide bonds. The molecule has 0 atom stereocenters. The third-order valence-corrected chi connectivity index (χ3v) is 0.943. The van der Waals surface area contributed by atoms with E-state index in [4.69, 9.17) is 0 Å². The molecule has 9 heavy (non-hydrogen) atoms. The lowest BCUT2D eigenvalue weighted by Crippen LogP contribution is -1.94. The summed E-state index contributed by atoms with van der Waals surface area (Å²) >= 11 is 0. The molecule has 0 aliphatic carbocycles. The molecule has 1 aromatic rings. The highest BCUT2D eigenvalue weighted by Gasteiger charge is 1.95. The van der Waals surface area contributed by atoms with Gasteiger partial charge in [-0.1, -0.05) is 0 Å². The maximum Gasteiger partial charge on any atom is 0.178 e. The van der Waals surface area contributed by atoms with Crippen LogP contribution in [0.2, 0.25) is 0 Å². The van der Waals surface area contributed by atoms with Crippen molar-refractivity contribution in [3.8, 4) is 0 Å². The molecule has 1 rings (SSSR count). The quantitative estimate of drug-likeness (QED) is 0.514. The summed E-state index contributed by atoms with van der Waals surface area (Å²) in [5.74, 6) is -0.0302. The Hall–Kier alpha value is -1.25. The topological polar surface area (TPSA) is 42.9 Å². The van der Waals surface area contributed by atoms with E-state index >= 15 is 0 Å². The highest BCUT2D eigenvalue weighted by atomic mass is 16.1. The van der Waals surface area contributed by atoms with Crippen molar-refractivity contribution >= 4 is 5.78 Å². The van der Waals surface area contributed by atoms with E-state index in [1.165, 1.54) is 13.3 Å². The smallest absolute Gasteiger partial charge is 0.178 e. The van der Waals surface area contributed by atoms with Crippen LogP contribution in [0.5, 0.6) is 0 Å². The molecule has 0 bridgehead atoms. The lowest BCUT2D eigenvalue weighted by Gasteiger charge is -1.87. The number of ketones is 1. The maximum absolute atomic E-state index is 10.6. The normalized spacial score (nSPS) is 9.00. The van der Waals surface area contributed by atoms with E-state index in [1.807, 2.05) is 0 Å². The van der Waals surface area contributed by atoms with E-state index in [2.05, 4.69) is 9.97 Å². The molecule has 3 heteroatoms. The third kappa shape index (κ3) is 1.32. The van der Waals surface area contributed by atoms with Crippen LogP contribution in [0.4, 0.5) is 0 Å². The highest BCUT2D eigenvalue weighted by Crippen LogP contribution is 1.89. The van der Waals surface area contributed by atoms with Crippen molar-refractivity contribution < 1.29 is 4.79 Å². The number of hydrogen-bond donors (Lipinski definition) is 0. The molecule has 0 N–H and O–H groups in total. The summed E-state index contributed by atoms with van der Waals surface area (Å²) in [6.07, 6.45) is 2.90. The van der Waals surface area contributed by atoms with E-state index in [1.54, 1.807) is 12.3 Å². The average Bonchev–Trinajstić information content (AvgIpc) is 1.90. The number of aromatic nitrogens is 2. The summed E-state index contributed by atoms with van der Waals surface area (Å²) in [6.45, 7) is 1.47. The van der Waals surface area contributed by atoms with Crippen LogP contribution in [-0.2, 0) is 0 Å². The van der Waals surface area contributed by atoms with Gasteiger partial charge >= 0.3 is 0 Å². The molecule has 0 radical (unpaired) electrons. The van der Waals surface area contributed by atoms with E-state index in [-0.39, 0.29) is 5.78 Å². The summed E-state index contributed by atoms with van der Waals surface area (Å²) < 4.78 is 0. The lowest BCUT2D eigenvalue weighted by atomic mass is 10.3. The fourth-order valence-electron chi connectivity index (χ4n) is 0.499. The zero-order valence-electron chi connectivity index (χ0n) is 5.03. The molecular weight excluding hydrogens is 116 g/mol. The molecule has 0 aliphatic rings. The monoisotopic (exact) mass is 122 g/mol. The predicted octanol–water partition coefficient (Wildman–Crippen LogP) is 0.679. The second-order valence-corrected chi connectivity index (χ2v) is 1.65. The van der Waals surface area contributed by atoms with Gasteiger partial charge < -0.3 is 0 Å². The van der Waals surface area contributed by atoms with E-state index in [0.29, 0.717) is 5.69 Å². The minimum Gasteiger partial charge on any atom is -0.293 e. The fraction of sp³-hybridized carbons (Fsp3) is 0.167. The van der Waals surface area contributed by atoms with Crippen LogP contribution in [-0.4, -0.2) is 15.8 Å². The Bertz CT molecular complexity index is 208. The number of carbonyl (C=O) groups excluding carboxylic acids is 1. The van der Waals surface area contributed by atoms with Crippen molar-refractivity contribution in [3.05, 3.63) is 24.3 Å². The Labute approximate surface area is 52.8 Å². The summed E-state index contributed by atoms with van der Waals surface area (Å²) in [4.78, 5) is 17.9. The van der Waals surface area contributed by atoms with E-state index in [9.17, 15) is 4.79 Å². The molecule has 0 unspecified atom stereocenters. The van der Waals surface area contributed by atoms with Crippen molar-refractivity contribution in [2.45, 2.75) is 6.92 Å². The van der Waals surface area contributed by atoms with Crippen molar-refractivity contribution in [1.29, 1.82) is 0 Å². The molecule has 0 saturated heterocycles. The Kier molecular flexibility index (Phi) is 1.53. The standard InChI is InChI=1S/C6H6N2O/c1-5(9)6-2-3-7-4-8-6/h2-4H,1H3. The number of hydrogen-bond acceptors (Lipinski definition) is 3. The maximum atomic E-state index is 10.6. The third-order valence-electron chi connectivity index (χ3n) is 0.943. The number of carbonyl (C=O) groups is 1. The molecule has 1 heterocycles. The zero-order chi connectivity index (χ0) is 6.69. The van der Waals surface area contributed by atoms with Gasteiger partial charge in [-0.3, -0.25) is 4.79 Å². The van der Waals surface area contributed by atoms with Gasteiger partial charge in [-0.2, -0.15) is 0 Å². The highest BCUT2D eigenvalue weighted by molar-refractivity contribution is 5.91. The first-order valence-corrected chi connectivity index (χ1v) is 2.57. The Morgan fingerprint density at radius 3 is 2.78 bits per heavy atom. The zero-order valence-corrected chi connectivity index (χ0v) is 5.03. The summed E-state index contributed by atoms with van der Waals surface area (Å²) in [5.41, 5.74) is 0.463. The molecule has 0 aliphatic heterocycles. The van der Waals surface area contributed by atoms with Crippen LogP contribution < -0.4 is 0 Å². The van der Waals surface area contributed by atoms with Crippen molar-refractivity contribution in [2.75, 3.05) is 0 Å².